The number of carbonyl (C=O) groups is 2. The quantitative estimate of drug-likeness (QED) is 0.690. The number of benzene rings is 2. The van der Waals surface area contributed by atoms with E-state index in [1.807, 2.05) is 36.4 Å². The molecule has 0 spiro atoms. The molecule has 2 amide bonds. The van der Waals surface area contributed by atoms with Gasteiger partial charge in [0.2, 0.25) is 11.8 Å². The standard InChI is InChI=1S/C24H28N2O3/c1-29-18(14-25-23(27)21-12-19(21)16-8-4-2-5-9-16)15-26-24(28)22-13-20(22)17-10-6-3-7-11-17/h2-11,18-22H,12-15H2,1H3,(H,25,27)(H,26,28)/t18?,19-,20+,21-,22+. The van der Waals surface area contributed by atoms with Crippen LogP contribution < -0.4 is 10.6 Å². The van der Waals surface area contributed by atoms with Crippen molar-refractivity contribution in [2.24, 2.45) is 11.8 Å². The Morgan fingerprint density at radius 3 is 1.62 bits per heavy atom. The Hall–Kier alpha value is -2.66. The summed E-state index contributed by atoms with van der Waals surface area (Å²) in [5.74, 6) is 0.866. The predicted octanol–water partition coefficient (Wildman–Crippen LogP) is 2.84. The Morgan fingerprint density at radius 2 is 1.24 bits per heavy atom. The lowest BCUT2D eigenvalue weighted by Gasteiger charge is -2.17. The van der Waals surface area contributed by atoms with E-state index in [1.165, 1.54) is 11.1 Å². The van der Waals surface area contributed by atoms with E-state index in [-0.39, 0.29) is 29.8 Å². The van der Waals surface area contributed by atoms with Crippen molar-refractivity contribution >= 4 is 11.8 Å². The molecule has 0 saturated heterocycles. The average molecular weight is 392 g/mol. The molecule has 5 heteroatoms. The van der Waals surface area contributed by atoms with Gasteiger partial charge in [-0.15, -0.1) is 0 Å². The molecule has 5 atom stereocenters. The van der Waals surface area contributed by atoms with Gasteiger partial charge in [0.15, 0.2) is 0 Å². The minimum Gasteiger partial charge on any atom is -0.378 e. The van der Waals surface area contributed by atoms with Gasteiger partial charge in [-0.05, 0) is 35.8 Å². The number of nitrogens with one attached hydrogen (secondary N) is 2. The third-order valence-corrected chi connectivity index (χ3v) is 6.05. The number of hydrogen-bond acceptors (Lipinski definition) is 3. The maximum Gasteiger partial charge on any atom is 0.223 e. The van der Waals surface area contributed by atoms with Crippen molar-refractivity contribution in [1.29, 1.82) is 0 Å². The highest BCUT2D eigenvalue weighted by Crippen LogP contribution is 2.48. The van der Waals surface area contributed by atoms with Gasteiger partial charge in [-0.25, -0.2) is 0 Å². The fourth-order valence-electron chi connectivity index (χ4n) is 4.04. The zero-order valence-corrected chi connectivity index (χ0v) is 16.7. The minimum atomic E-state index is -0.231. The van der Waals surface area contributed by atoms with Crippen LogP contribution in [0.1, 0.15) is 35.8 Å². The van der Waals surface area contributed by atoms with Crippen molar-refractivity contribution in [1.82, 2.24) is 10.6 Å². The van der Waals surface area contributed by atoms with E-state index in [9.17, 15) is 9.59 Å². The van der Waals surface area contributed by atoms with E-state index < -0.39 is 0 Å². The Morgan fingerprint density at radius 1 is 0.828 bits per heavy atom. The number of carbonyl (C=O) groups excluding carboxylic acids is 2. The summed E-state index contributed by atoms with van der Waals surface area (Å²) < 4.78 is 5.44. The van der Waals surface area contributed by atoms with Gasteiger partial charge in [-0.1, -0.05) is 60.7 Å². The molecule has 2 fully saturated rings. The van der Waals surface area contributed by atoms with Gasteiger partial charge < -0.3 is 15.4 Å². The summed E-state index contributed by atoms with van der Waals surface area (Å²) >= 11 is 0. The zero-order valence-electron chi connectivity index (χ0n) is 16.7. The van der Waals surface area contributed by atoms with Crippen molar-refractivity contribution in [3.63, 3.8) is 0 Å². The maximum atomic E-state index is 12.4. The summed E-state index contributed by atoms with van der Waals surface area (Å²) in [6.45, 7) is 0.806. The fourth-order valence-corrected chi connectivity index (χ4v) is 4.04. The zero-order chi connectivity index (χ0) is 20.2. The summed E-state index contributed by atoms with van der Waals surface area (Å²) in [6, 6.07) is 20.3. The highest BCUT2D eigenvalue weighted by Gasteiger charge is 2.44. The second kappa shape index (κ2) is 8.78. The van der Waals surface area contributed by atoms with E-state index in [0.717, 1.165) is 12.8 Å². The molecule has 2 aliphatic rings. The van der Waals surface area contributed by atoms with Gasteiger partial charge in [-0.3, -0.25) is 9.59 Å². The van der Waals surface area contributed by atoms with Gasteiger partial charge in [-0.2, -0.15) is 0 Å². The number of methoxy groups -OCH3 is 1. The Balaban J connectivity index is 1.18. The molecular weight excluding hydrogens is 364 g/mol. The van der Waals surface area contributed by atoms with Crippen molar-refractivity contribution in [3.05, 3.63) is 71.8 Å². The first-order valence-corrected chi connectivity index (χ1v) is 10.4. The fraction of sp³-hybridized carbons (Fsp3) is 0.417. The van der Waals surface area contributed by atoms with Crippen LogP contribution in [-0.4, -0.2) is 38.1 Å². The lowest BCUT2D eigenvalue weighted by Crippen LogP contribution is -2.42. The maximum absolute atomic E-state index is 12.4. The van der Waals surface area contributed by atoms with Crippen LogP contribution in [0, 0.1) is 11.8 Å². The molecular formula is C24H28N2O3. The molecule has 1 unspecified atom stereocenters. The molecule has 5 nitrogen and oxygen atoms in total. The van der Waals surface area contributed by atoms with E-state index in [4.69, 9.17) is 4.74 Å². The number of ether oxygens (including phenoxy) is 1. The number of rotatable bonds is 9. The lowest BCUT2D eigenvalue weighted by molar-refractivity contribution is -0.123. The average Bonchev–Trinajstić information content (AvgIpc) is 3.68. The molecule has 152 valence electrons. The molecule has 2 N–H and O–H groups in total. The summed E-state index contributed by atoms with van der Waals surface area (Å²) in [6.07, 6.45) is 1.56. The monoisotopic (exact) mass is 392 g/mol. The number of amides is 2. The van der Waals surface area contributed by atoms with E-state index in [2.05, 4.69) is 34.9 Å². The molecule has 2 saturated carbocycles. The molecule has 2 aromatic rings. The normalized spacial score (nSPS) is 25.7. The van der Waals surface area contributed by atoms with Crippen LogP contribution in [0.3, 0.4) is 0 Å². The second-order valence-electron chi connectivity index (χ2n) is 8.07. The van der Waals surface area contributed by atoms with Crippen LogP contribution in [0.2, 0.25) is 0 Å². The largest absolute Gasteiger partial charge is 0.378 e. The topological polar surface area (TPSA) is 67.4 Å². The Kier molecular flexibility index (Phi) is 5.95. The third kappa shape index (κ3) is 4.85. The van der Waals surface area contributed by atoms with Gasteiger partial charge in [0.05, 0.1) is 6.10 Å². The van der Waals surface area contributed by atoms with Gasteiger partial charge in [0.1, 0.15) is 0 Å². The minimum absolute atomic E-state index is 0.0441. The molecule has 0 aliphatic heterocycles. The van der Waals surface area contributed by atoms with Crippen molar-refractivity contribution in [3.8, 4) is 0 Å². The molecule has 2 aliphatic carbocycles. The number of hydrogen-bond donors (Lipinski definition) is 2. The molecule has 4 rings (SSSR count). The predicted molar refractivity (Wildman–Crippen MR) is 111 cm³/mol. The Bertz CT molecular complexity index is 770. The van der Waals surface area contributed by atoms with E-state index >= 15 is 0 Å². The summed E-state index contributed by atoms with van der Waals surface area (Å²) in [7, 11) is 1.61. The smallest absolute Gasteiger partial charge is 0.223 e. The molecule has 0 bridgehead atoms. The van der Waals surface area contributed by atoms with Crippen LogP contribution in [0.5, 0.6) is 0 Å². The third-order valence-electron chi connectivity index (χ3n) is 6.05. The molecule has 0 aromatic heterocycles. The van der Waals surface area contributed by atoms with Crippen LogP contribution in [0.15, 0.2) is 60.7 Å². The highest BCUT2D eigenvalue weighted by molar-refractivity contribution is 5.83. The molecule has 0 radical (unpaired) electrons. The first kappa shape index (κ1) is 19.6. The summed E-state index contributed by atoms with van der Waals surface area (Å²) in [4.78, 5) is 24.8. The first-order chi connectivity index (χ1) is 14.2. The van der Waals surface area contributed by atoms with E-state index in [0.29, 0.717) is 24.9 Å². The van der Waals surface area contributed by atoms with Gasteiger partial charge in [0, 0.05) is 32.0 Å². The highest BCUT2D eigenvalue weighted by atomic mass is 16.5. The van der Waals surface area contributed by atoms with Crippen LogP contribution in [0.4, 0.5) is 0 Å². The van der Waals surface area contributed by atoms with Gasteiger partial charge >= 0.3 is 0 Å². The SMILES string of the molecule is COC(CNC(=O)[C@H]1C[C@H]1c1ccccc1)CNC(=O)[C@@H]1C[C@@H]1c1ccccc1. The van der Waals surface area contributed by atoms with Crippen LogP contribution in [0.25, 0.3) is 0 Å². The molecule has 29 heavy (non-hydrogen) atoms. The first-order valence-electron chi connectivity index (χ1n) is 10.4. The van der Waals surface area contributed by atoms with Crippen LogP contribution in [-0.2, 0) is 14.3 Å². The van der Waals surface area contributed by atoms with Crippen molar-refractivity contribution in [2.75, 3.05) is 20.2 Å². The summed E-state index contributed by atoms with van der Waals surface area (Å²) in [5.41, 5.74) is 2.45. The molecule has 2 aromatic carbocycles. The lowest BCUT2D eigenvalue weighted by atomic mass is 10.1. The van der Waals surface area contributed by atoms with Crippen molar-refractivity contribution in [2.45, 2.75) is 30.8 Å². The van der Waals surface area contributed by atoms with Crippen LogP contribution >= 0.6 is 0 Å². The van der Waals surface area contributed by atoms with Crippen molar-refractivity contribution < 1.29 is 14.3 Å². The summed E-state index contributed by atoms with van der Waals surface area (Å²) in [5, 5.41) is 5.97. The second-order valence-corrected chi connectivity index (χ2v) is 8.07. The Labute approximate surface area is 171 Å². The van der Waals surface area contributed by atoms with Gasteiger partial charge in [0.25, 0.3) is 0 Å². The van der Waals surface area contributed by atoms with E-state index in [1.54, 1.807) is 7.11 Å². The molecule has 0 heterocycles.